The lowest BCUT2D eigenvalue weighted by molar-refractivity contribution is 0.123. The van der Waals surface area contributed by atoms with Crippen LogP contribution in [0.4, 0.5) is 5.82 Å². The average Bonchev–Trinajstić information content (AvgIpc) is 2.06. The zero-order valence-electron chi connectivity index (χ0n) is 8.76. The van der Waals surface area contributed by atoms with Gasteiger partial charge in [-0.2, -0.15) is 0 Å². The number of hydrogen-bond acceptors (Lipinski definition) is 4. The summed E-state index contributed by atoms with van der Waals surface area (Å²) in [6.07, 6.45) is 1.47. The lowest BCUT2D eigenvalue weighted by Crippen LogP contribution is -2.24. The highest BCUT2D eigenvalue weighted by molar-refractivity contribution is 9.10. The van der Waals surface area contributed by atoms with Crippen molar-refractivity contribution < 1.29 is 4.74 Å². The molecule has 14 heavy (non-hydrogen) atoms. The topological polar surface area (TPSA) is 47.0 Å². The molecule has 0 aromatic carbocycles. The van der Waals surface area contributed by atoms with Crippen LogP contribution in [-0.4, -0.2) is 22.6 Å². The van der Waals surface area contributed by atoms with E-state index in [1.54, 1.807) is 7.05 Å². The Balaban J connectivity index is 2.98. The Morgan fingerprint density at radius 1 is 1.36 bits per heavy atom. The lowest BCUT2D eigenvalue weighted by Gasteiger charge is -2.21. The molecule has 0 aliphatic rings. The van der Waals surface area contributed by atoms with Crippen molar-refractivity contribution in [3.05, 3.63) is 10.8 Å². The van der Waals surface area contributed by atoms with Gasteiger partial charge in [0, 0.05) is 7.05 Å². The van der Waals surface area contributed by atoms with E-state index in [9.17, 15) is 0 Å². The monoisotopic (exact) mass is 259 g/mol. The number of halogens is 1. The Kier molecular flexibility index (Phi) is 3.31. The molecule has 0 saturated carbocycles. The van der Waals surface area contributed by atoms with Gasteiger partial charge in [0.2, 0.25) is 5.88 Å². The first-order valence-corrected chi connectivity index (χ1v) is 5.10. The molecule has 0 saturated heterocycles. The molecular weight excluding hydrogens is 246 g/mol. The first-order valence-electron chi connectivity index (χ1n) is 4.31. The van der Waals surface area contributed by atoms with Crippen LogP contribution in [0.1, 0.15) is 20.8 Å². The number of anilines is 1. The van der Waals surface area contributed by atoms with Crippen LogP contribution in [0, 0.1) is 0 Å². The summed E-state index contributed by atoms with van der Waals surface area (Å²) in [5.41, 5.74) is -0.262. The lowest BCUT2D eigenvalue weighted by atomic mass is 10.2. The quantitative estimate of drug-likeness (QED) is 0.887. The molecule has 5 heteroatoms. The van der Waals surface area contributed by atoms with Gasteiger partial charge in [-0.15, -0.1) is 0 Å². The van der Waals surface area contributed by atoms with E-state index in [2.05, 4.69) is 31.2 Å². The van der Waals surface area contributed by atoms with Gasteiger partial charge in [0.1, 0.15) is 22.2 Å². The number of rotatable bonds is 2. The summed E-state index contributed by atoms with van der Waals surface area (Å²) in [6, 6.07) is 0. The molecule has 0 aliphatic carbocycles. The molecule has 0 fully saturated rings. The normalized spacial score (nSPS) is 11.2. The Morgan fingerprint density at radius 2 is 2.00 bits per heavy atom. The summed E-state index contributed by atoms with van der Waals surface area (Å²) < 4.78 is 6.38. The molecule has 0 bridgehead atoms. The highest BCUT2D eigenvalue weighted by Crippen LogP contribution is 2.30. The summed E-state index contributed by atoms with van der Waals surface area (Å²) in [5.74, 6) is 1.27. The summed E-state index contributed by atoms with van der Waals surface area (Å²) in [6.45, 7) is 5.92. The highest BCUT2D eigenvalue weighted by Gasteiger charge is 2.16. The predicted molar refractivity (Wildman–Crippen MR) is 59.7 cm³/mol. The zero-order chi connectivity index (χ0) is 10.8. The van der Waals surface area contributed by atoms with E-state index in [0.717, 1.165) is 10.3 Å². The SMILES string of the molecule is CNc1ncnc(OC(C)(C)C)c1Br. The maximum Gasteiger partial charge on any atom is 0.233 e. The standard InChI is InChI=1S/C9H14BrN3O/c1-9(2,3)14-8-6(10)7(11-4)12-5-13-8/h5H,1-4H3,(H,11,12,13). The van der Waals surface area contributed by atoms with Gasteiger partial charge in [0.05, 0.1) is 0 Å². The van der Waals surface area contributed by atoms with Gasteiger partial charge in [-0.25, -0.2) is 9.97 Å². The molecule has 0 aliphatic heterocycles. The van der Waals surface area contributed by atoms with Crippen molar-refractivity contribution in [2.24, 2.45) is 0 Å². The fourth-order valence-electron chi connectivity index (χ4n) is 0.889. The molecule has 0 atom stereocenters. The first-order chi connectivity index (χ1) is 6.44. The van der Waals surface area contributed by atoms with Gasteiger partial charge in [-0.05, 0) is 36.7 Å². The molecule has 1 N–H and O–H groups in total. The number of ether oxygens (including phenoxy) is 1. The van der Waals surface area contributed by atoms with Gasteiger partial charge in [0.15, 0.2) is 0 Å². The Hall–Kier alpha value is -0.840. The molecule has 0 radical (unpaired) electrons. The van der Waals surface area contributed by atoms with Gasteiger partial charge in [-0.3, -0.25) is 0 Å². The van der Waals surface area contributed by atoms with E-state index in [-0.39, 0.29) is 5.60 Å². The van der Waals surface area contributed by atoms with Gasteiger partial charge >= 0.3 is 0 Å². The minimum absolute atomic E-state index is 0.262. The van der Waals surface area contributed by atoms with E-state index in [1.165, 1.54) is 6.33 Å². The van der Waals surface area contributed by atoms with Crippen molar-refractivity contribution in [3.63, 3.8) is 0 Å². The van der Waals surface area contributed by atoms with E-state index in [1.807, 2.05) is 20.8 Å². The largest absolute Gasteiger partial charge is 0.471 e. The summed E-state index contributed by atoms with van der Waals surface area (Å²) in [5, 5.41) is 2.94. The Bertz CT molecular complexity index is 322. The smallest absolute Gasteiger partial charge is 0.233 e. The minimum Gasteiger partial charge on any atom is -0.471 e. The van der Waals surface area contributed by atoms with Crippen molar-refractivity contribution in [1.29, 1.82) is 0 Å². The van der Waals surface area contributed by atoms with Crippen LogP contribution in [0.15, 0.2) is 10.8 Å². The van der Waals surface area contributed by atoms with E-state index in [4.69, 9.17) is 4.74 Å². The summed E-state index contributed by atoms with van der Waals surface area (Å²) in [4.78, 5) is 8.09. The average molecular weight is 260 g/mol. The van der Waals surface area contributed by atoms with E-state index >= 15 is 0 Å². The number of nitrogens with one attached hydrogen (secondary N) is 1. The third-order valence-corrected chi connectivity index (χ3v) is 2.11. The fraction of sp³-hybridized carbons (Fsp3) is 0.556. The van der Waals surface area contributed by atoms with Crippen LogP contribution >= 0.6 is 15.9 Å². The predicted octanol–water partition coefficient (Wildman–Crippen LogP) is 2.46. The third kappa shape index (κ3) is 2.83. The van der Waals surface area contributed by atoms with Gasteiger partial charge in [-0.1, -0.05) is 0 Å². The van der Waals surface area contributed by atoms with Crippen molar-refractivity contribution in [2.75, 3.05) is 12.4 Å². The van der Waals surface area contributed by atoms with Gasteiger partial charge < -0.3 is 10.1 Å². The van der Waals surface area contributed by atoms with Crippen molar-refractivity contribution in [3.8, 4) is 5.88 Å². The third-order valence-electron chi connectivity index (χ3n) is 1.40. The van der Waals surface area contributed by atoms with Crippen LogP contribution in [0.5, 0.6) is 5.88 Å². The van der Waals surface area contributed by atoms with Crippen LogP contribution < -0.4 is 10.1 Å². The molecule has 0 spiro atoms. The molecule has 1 heterocycles. The molecule has 4 nitrogen and oxygen atoms in total. The van der Waals surface area contributed by atoms with E-state index in [0.29, 0.717) is 5.88 Å². The van der Waals surface area contributed by atoms with Crippen molar-refractivity contribution >= 4 is 21.7 Å². The molecule has 1 aromatic heterocycles. The second-order valence-corrected chi connectivity index (χ2v) is 4.60. The van der Waals surface area contributed by atoms with Gasteiger partial charge in [0.25, 0.3) is 0 Å². The van der Waals surface area contributed by atoms with E-state index < -0.39 is 0 Å². The zero-order valence-corrected chi connectivity index (χ0v) is 10.3. The molecule has 0 unspecified atom stereocenters. The number of nitrogens with zero attached hydrogens (tertiary/aromatic N) is 2. The van der Waals surface area contributed by atoms with Crippen LogP contribution in [0.2, 0.25) is 0 Å². The second-order valence-electron chi connectivity index (χ2n) is 3.81. The fourth-order valence-corrected chi connectivity index (χ4v) is 1.37. The molecule has 1 aromatic rings. The van der Waals surface area contributed by atoms with Crippen LogP contribution in [0.25, 0.3) is 0 Å². The number of aromatic nitrogens is 2. The van der Waals surface area contributed by atoms with Crippen molar-refractivity contribution in [1.82, 2.24) is 9.97 Å². The maximum absolute atomic E-state index is 5.64. The van der Waals surface area contributed by atoms with Crippen LogP contribution in [0.3, 0.4) is 0 Å². The summed E-state index contributed by atoms with van der Waals surface area (Å²) >= 11 is 3.38. The number of hydrogen-bond donors (Lipinski definition) is 1. The molecule has 78 valence electrons. The van der Waals surface area contributed by atoms with Crippen LogP contribution in [-0.2, 0) is 0 Å². The second kappa shape index (κ2) is 4.13. The molecule has 0 amide bonds. The molecular formula is C9H14BrN3O. The van der Waals surface area contributed by atoms with Crippen molar-refractivity contribution in [2.45, 2.75) is 26.4 Å². The minimum atomic E-state index is -0.262. The highest BCUT2D eigenvalue weighted by atomic mass is 79.9. The summed E-state index contributed by atoms with van der Waals surface area (Å²) in [7, 11) is 1.80. The molecule has 1 rings (SSSR count). The first kappa shape index (κ1) is 11.2. The Labute approximate surface area is 92.2 Å². The Morgan fingerprint density at radius 3 is 2.50 bits per heavy atom. The maximum atomic E-state index is 5.64.